The first-order valence-corrected chi connectivity index (χ1v) is 10.0. The molecule has 0 radical (unpaired) electrons. The van der Waals surface area contributed by atoms with Crippen LogP contribution in [-0.2, 0) is 9.84 Å². The molecule has 0 fully saturated rings. The summed E-state index contributed by atoms with van der Waals surface area (Å²) in [6.07, 6.45) is 3.35. The van der Waals surface area contributed by atoms with Gasteiger partial charge >= 0.3 is 0 Å². The summed E-state index contributed by atoms with van der Waals surface area (Å²) >= 11 is 0. The second kappa shape index (κ2) is 7.68. The van der Waals surface area contributed by atoms with E-state index in [1.807, 2.05) is 25.1 Å². The van der Waals surface area contributed by atoms with Crippen molar-refractivity contribution in [2.45, 2.75) is 30.9 Å². The summed E-state index contributed by atoms with van der Waals surface area (Å²) in [7, 11) is -3.30. The molecule has 1 aromatic carbocycles. The first-order chi connectivity index (χ1) is 12.9. The highest BCUT2D eigenvalue weighted by Crippen LogP contribution is 2.22. The third-order valence-corrected chi connectivity index (χ3v) is 6.20. The lowest BCUT2D eigenvalue weighted by molar-refractivity contribution is 0.587. The Bertz CT molecular complexity index is 1110. The standard InChI is InChI=1S/C21H19N3O2S/c1-15(2)27(25,26)19-10-7-17(8-11-19)21-14-23-16(3)20(24-21)12-9-18-6-4-5-13-22-18/h4-8,10-11,13-15H,1-3H3. The van der Waals surface area contributed by atoms with Crippen LogP contribution < -0.4 is 0 Å². The van der Waals surface area contributed by atoms with Gasteiger partial charge < -0.3 is 0 Å². The van der Waals surface area contributed by atoms with E-state index < -0.39 is 15.1 Å². The molecule has 0 bridgehead atoms. The number of hydrogen-bond donors (Lipinski definition) is 0. The van der Waals surface area contributed by atoms with Crippen LogP contribution in [0.4, 0.5) is 0 Å². The van der Waals surface area contributed by atoms with E-state index in [-0.39, 0.29) is 0 Å². The third kappa shape index (κ3) is 4.21. The number of hydrogen-bond acceptors (Lipinski definition) is 5. The van der Waals surface area contributed by atoms with Gasteiger partial charge in [0.1, 0.15) is 11.4 Å². The topological polar surface area (TPSA) is 72.8 Å². The Kier molecular flexibility index (Phi) is 5.33. The summed E-state index contributed by atoms with van der Waals surface area (Å²) in [6, 6.07) is 12.2. The largest absolute Gasteiger partial charge is 0.256 e. The zero-order valence-electron chi connectivity index (χ0n) is 15.3. The predicted octanol–water partition coefficient (Wildman–Crippen LogP) is 3.43. The molecule has 0 saturated heterocycles. The van der Waals surface area contributed by atoms with Crippen molar-refractivity contribution in [3.63, 3.8) is 0 Å². The van der Waals surface area contributed by atoms with E-state index in [2.05, 4.69) is 26.8 Å². The Hall–Kier alpha value is -3.04. The number of pyridine rings is 1. The Balaban J connectivity index is 1.94. The Morgan fingerprint density at radius 3 is 2.33 bits per heavy atom. The summed E-state index contributed by atoms with van der Waals surface area (Å²) in [4.78, 5) is 13.4. The van der Waals surface area contributed by atoms with Crippen LogP contribution in [0.3, 0.4) is 0 Å². The highest BCUT2D eigenvalue weighted by molar-refractivity contribution is 7.92. The molecule has 3 rings (SSSR count). The molecule has 0 saturated carbocycles. The summed E-state index contributed by atoms with van der Waals surface area (Å²) in [5.74, 6) is 5.99. The predicted molar refractivity (Wildman–Crippen MR) is 105 cm³/mol. The van der Waals surface area contributed by atoms with Crippen molar-refractivity contribution in [1.82, 2.24) is 15.0 Å². The lowest BCUT2D eigenvalue weighted by atomic mass is 10.1. The molecule has 2 aromatic heterocycles. The average molecular weight is 377 g/mol. The minimum Gasteiger partial charge on any atom is -0.256 e. The van der Waals surface area contributed by atoms with Crippen LogP contribution >= 0.6 is 0 Å². The van der Waals surface area contributed by atoms with Crippen LogP contribution in [0.5, 0.6) is 0 Å². The number of sulfone groups is 1. The fourth-order valence-electron chi connectivity index (χ4n) is 2.35. The molecule has 5 nitrogen and oxygen atoms in total. The molecule has 0 amide bonds. The number of rotatable bonds is 3. The van der Waals surface area contributed by atoms with E-state index in [1.165, 1.54) is 0 Å². The third-order valence-electron chi connectivity index (χ3n) is 4.03. The second-order valence-electron chi connectivity index (χ2n) is 6.27. The zero-order chi connectivity index (χ0) is 19.4. The van der Waals surface area contributed by atoms with Crippen LogP contribution in [0.1, 0.15) is 30.9 Å². The van der Waals surface area contributed by atoms with E-state index >= 15 is 0 Å². The van der Waals surface area contributed by atoms with Gasteiger partial charge in [-0.1, -0.05) is 18.2 Å². The molecule has 3 aromatic rings. The Morgan fingerprint density at radius 2 is 1.70 bits per heavy atom. The first kappa shape index (κ1) is 18.7. The molecule has 6 heteroatoms. The minimum absolute atomic E-state index is 0.302. The first-order valence-electron chi connectivity index (χ1n) is 8.49. The molecule has 0 spiro atoms. The SMILES string of the molecule is Cc1ncc(-c2ccc(S(=O)(=O)C(C)C)cc2)nc1C#Cc1ccccn1. The quantitative estimate of drug-likeness (QED) is 0.654. The molecule has 0 N–H and O–H groups in total. The molecule has 2 heterocycles. The molecular formula is C21H19N3O2S. The molecule has 0 atom stereocenters. The highest BCUT2D eigenvalue weighted by atomic mass is 32.2. The van der Waals surface area contributed by atoms with Crippen molar-refractivity contribution >= 4 is 9.84 Å². The van der Waals surface area contributed by atoms with E-state index in [4.69, 9.17) is 0 Å². The fourth-order valence-corrected chi connectivity index (χ4v) is 3.41. The average Bonchev–Trinajstić information content (AvgIpc) is 2.68. The summed E-state index contributed by atoms with van der Waals surface area (Å²) in [5, 5.41) is -0.462. The number of benzene rings is 1. The number of nitrogens with zero attached hydrogens (tertiary/aromatic N) is 3. The summed E-state index contributed by atoms with van der Waals surface area (Å²) < 4.78 is 24.5. The maximum absolute atomic E-state index is 12.2. The van der Waals surface area contributed by atoms with Gasteiger partial charge in [0.15, 0.2) is 9.84 Å². The van der Waals surface area contributed by atoms with Crippen molar-refractivity contribution in [1.29, 1.82) is 0 Å². The lowest BCUT2D eigenvalue weighted by Crippen LogP contribution is -2.13. The molecule has 136 valence electrons. The zero-order valence-corrected chi connectivity index (χ0v) is 16.2. The van der Waals surface area contributed by atoms with Gasteiger partial charge in [0, 0.05) is 11.8 Å². The smallest absolute Gasteiger partial charge is 0.180 e. The molecule has 0 aliphatic rings. The molecule has 0 unspecified atom stereocenters. The van der Waals surface area contributed by atoms with Gasteiger partial charge in [0.2, 0.25) is 0 Å². The Morgan fingerprint density at radius 1 is 0.963 bits per heavy atom. The monoisotopic (exact) mass is 377 g/mol. The van der Waals surface area contributed by atoms with E-state index in [0.29, 0.717) is 22.0 Å². The van der Waals surface area contributed by atoms with Crippen molar-refractivity contribution in [3.05, 3.63) is 71.9 Å². The molecule has 27 heavy (non-hydrogen) atoms. The number of aryl methyl sites for hydroxylation is 1. The van der Waals surface area contributed by atoms with Gasteiger partial charge in [0.25, 0.3) is 0 Å². The lowest BCUT2D eigenvalue weighted by Gasteiger charge is -2.09. The fraction of sp³-hybridized carbons (Fsp3) is 0.190. The minimum atomic E-state index is -3.30. The second-order valence-corrected chi connectivity index (χ2v) is 8.78. The van der Waals surface area contributed by atoms with Gasteiger partial charge in [-0.2, -0.15) is 0 Å². The van der Waals surface area contributed by atoms with Crippen molar-refractivity contribution < 1.29 is 8.42 Å². The maximum Gasteiger partial charge on any atom is 0.180 e. The summed E-state index contributed by atoms with van der Waals surface area (Å²) in [6.45, 7) is 5.18. The van der Waals surface area contributed by atoms with Crippen LogP contribution in [0, 0.1) is 18.8 Å². The van der Waals surface area contributed by atoms with Crippen molar-refractivity contribution in [3.8, 4) is 23.1 Å². The van der Waals surface area contributed by atoms with Gasteiger partial charge in [-0.15, -0.1) is 0 Å². The maximum atomic E-state index is 12.2. The number of aromatic nitrogens is 3. The van der Waals surface area contributed by atoms with Crippen molar-refractivity contribution in [2.24, 2.45) is 0 Å². The van der Waals surface area contributed by atoms with E-state index in [0.717, 1.165) is 11.3 Å². The van der Waals surface area contributed by atoms with Crippen molar-refractivity contribution in [2.75, 3.05) is 0 Å². The summed E-state index contributed by atoms with van der Waals surface area (Å²) in [5.41, 5.74) is 3.37. The molecule has 0 aliphatic heterocycles. The van der Waals surface area contributed by atoms with Gasteiger partial charge in [-0.3, -0.25) is 4.98 Å². The molecule has 0 aliphatic carbocycles. The van der Waals surface area contributed by atoms with Crippen LogP contribution in [0.25, 0.3) is 11.3 Å². The van der Waals surface area contributed by atoms with Gasteiger partial charge in [-0.25, -0.2) is 18.4 Å². The van der Waals surface area contributed by atoms with Gasteiger partial charge in [0.05, 0.1) is 27.7 Å². The molecular weight excluding hydrogens is 358 g/mol. The van der Waals surface area contributed by atoms with Crippen LogP contribution in [-0.4, -0.2) is 28.6 Å². The van der Waals surface area contributed by atoms with Crippen LogP contribution in [0.15, 0.2) is 59.8 Å². The van der Waals surface area contributed by atoms with Crippen LogP contribution in [0.2, 0.25) is 0 Å². The normalized spacial score (nSPS) is 11.1. The van der Waals surface area contributed by atoms with E-state index in [1.54, 1.807) is 50.5 Å². The highest BCUT2D eigenvalue weighted by Gasteiger charge is 2.19. The van der Waals surface area contributed by atoms with Gasteiger partial charge in [-0.05, 0) is 56.9 Å². The van der Waals surface area contributed by atoms with E-state index in [9.17, 15) is 8.42 Å². The Labute approximate surface area is 159 Å².